The van der Waals surface area contributed by atoms with Crippen LogP contribution in [0.25, 0.3) is 0 Å². The van der Waals surface area contributed by atoms with E-state index in [9.17, 15) is 0 Å². The van der Waals surface area contributed by atoms with Gasteiger partial charge in [0, 0.05) is 6.04 Å². The summed E-state index contributed by atoms with van der Waals surface area (Å²) in [5, 5.41) is 16.4. The van der Waals surface area contributed by atoms with E-state index in [0.717, 1.165) is 23.4 Å². The zero-order chi connectivity index (χ0) is 11.5. The first-order valence-corrected chi connectivity index (χ1v) is 6.81. The first kappa shape index (κ1) is 12.1. The number of fused-ring (bicyclic) bond motifs is 2. The Morgan fingerprint density at radius 1 is 1.44 bits per heavy atom. The van der Waals surface area contributed by atoms with Gasteiger partial charge in [-0.1, -0.05) is 13.3 Å². The molecule has 2 aliphatic rings. The van der Waals surface area contributed by atoms with Crippen molar-refractivity contribution in [2.75, 3.05) is 6.61 Å². The number of hydrogen-bond donors (Lipinski definition) is 3. The standard InChI is InChI=1S/C12H22N2OS/c1-2-10(7-15)13-12(16)14-11-6-8-3-4-9(11)5-8/h8-11,15H,2-7H2,1H3,(H2,13,14,16)/t8-,9-,10+,11+/m0/s1. The molecule has 0 unspecified atom stereocenters. The minimum absolute atomic E-state index is 0.0959. The maximum atomic E-state index is 9.09. The highest BCUT2D eigenvalue weighted by Crippen LogP contribution is 2.44. The smallest absolute Gasteiger partial charge is 0.166 e. The van der Waals surface area contributed by atoms with Crippen molar-refractivity contribution in [1.29, 1.82) is 0 Å². The normalized spacial score (nSPS) is 33.8. The van der Waals surface area contributed by atoms with Crippen LogP contribution in [0.4, 0.5) is 0 Å². The lowest BCUT2D eigenvalue weighted by molar-refractivity contribution is 0.251. The summed E-state index contributed by atoms with van der Waals surface area (Å²) >= 11 is 5.28. The summed E-state index contributed by atoms with van der Waals surface area (Å²) in [6.45, 7) is 2.20. The lowest BCUT2D eigenvalue weighted by Crippen LogP contribution is -2.48. The van der Waals surface area contributed by atoms with Gasteiger partial charge >= 0.3 is 0 Å². The molecule has 2 fully saturated rings. The Balaban J connectivity index is 1.75. The molecule has 4 heteroatoms. The Morgan fingerprint density at radius 2 is 2.25 bits per heavy atom. The van der Waals surface area contributed by atoms with Gasteiger partial charge in [-0.15, -0.1) is 0 Å². The molecule has 4 atom stereocenters. The first-order valence-electron chi connectivity index (χ1n) is 6.40. The molecule has 0 amide bonds. The second kappa shape index (κ2) is 5.32. The third-order valence-corrected chi connectivity index (χ3v) is 4.34. The number of aliphatic hydroxyl groups excluding tert-OH is 1. The van der Waals surface area contributed by atoms with Gasteiger partial charge in [-0.25, -0.2) is 0 Å². The monoisotopic (exact) mass is 242 g/mol. The van der Waals surface area contributed by atoms with Gasteiger partial charge in [0.15, 0.2) is 5.11 Å². The minimum atomic E-state index is 0.0959. The van der Waals surface area contributed by atoms with E-state index in [0.29, 0.717) is 6.04 Å². The van der Waals surface area contributed by atoms with Gasteiger partial charge in [0.1, 0.15) is 0 Å². The van der Waals surface area contributed by atoms with Crippen LogP contribution in [-0.4, -0.2) is 28.9 Å². The van der Waals surface area contributed by atoms with Gasteiger partial charge in [-0.05, 0) is 49.7 Å². The number of thiocarbonyl (C=S) groups is 1. The zero-order valence-electron chi connectivity index (χ0n) is 9.91. The molecule has 0 aromatic carbocycles. The second-order valence-electron chi connectivity index (χ2n) is 5.19. The molecular formula is C12H22N2OS. The minimum Gasteiger partial charge on any atom is -0.394 e. The van der Waals surface area contributed by atoms with Crippen LogP contribution in [0.15, 0.2) is 0 Å². The van der Waals surface area contributed by atoms with E-state index < -0.39 is 0 Å². The SMILES string of the molecule is CC[C@H](CO)NC(=S)N[C@@H]1C[C@H]2CC[C@H]1C2. The summed E-state index contributed by atoms with van der Waals surface area (Å²) in [6, 6.07) is 0.675. The Labute approximate surface area is 103 Å². The average Bonchev–Trinajstić information content (AvgIpc) is 2.87. The fraction of sp³-hybridized carbons (Fsp3) is 0.917. The van der Waals surface area contributed by atoms with E-state index in [2.05, 4.69) is 10.6 Å². The summed E-state index contributed by atoms with van der Waals surface area (Å²) in [7, 11) is 0. The van der Waals surface area contributed by atoms with Crippen LogP contribution in [0.1, 0.15) is 39.0 Å². The van der Waals surface area contributed by atoms with Crippen molar-refractivity contribution in [3.8, 4) is 0 Å². The van der Waals surface area contributed by atoms with Crippen LogP contribution < -0.4 is 10.6 Å². The predicted octanol–water partition coefficient (Wildman–Crippen LogP) is 1.41. The Bertz CT molecular complexity index is 255. The molecule has 0 aromatic heterocycles. The number of hydrogen-bond acceptors (Lipinski definition) is 2. The van der Waals surface area contributed by atoms with Gasteiger partial charge < -0.3 is 15.7 Å². The topological polar surface area (TPSA) is 44.3 Å². The maximum absolute atomic E-state index is 9.09. The molecule has 0 radical (unpaired) electrons. The molecule has 2 aliphatic carbocycles. The Hall–Kier alpha value is -0.350. The molecule has 2 bridgehead atoms. The third-order valence-electron chi connectivity index (χ3n) is 4.10. The zero-order valence-corrected chi connectivity index (χ0v) is 10.7. The average molecular weight is 242 g/mol. The molecule has 2 saturated carbocycles. The van der Waals surface area contributed by atoms with Crippen molar-refractivity contribution in [3.63, 3.8) is 0 Å². The van der Waals surface area contributed by atoms with E-state index in [1.165, 1.54) is 25.7 Å². The number of rotatable bonds is 4. The molecule has 3 nitrogen and oxygen atoms in total. The number of nitrogens with one attached hydrogen (secondary N) is 2. The fourth-order valence-electron chi connectivity index (χ4n) is 3.09. The van der Waals surface area contributed by atoms with Gasteiger partial charge in [0.25, 0.3) is 0 Å². The maximum Gasteiger partial charge on any atom is 0.166 e. The van der Waals surface area contributed by atoms with Gasteiger partial charge in [0.2, 0.25) is 0 Å². The summed E-state index contributed by atoms with van der Waals surface area (Å²) < 4.78 is 0. The van der Waals surface area contributed by atoms with Crippen molar-refractivity contribution in [1.82, 2.24) is 10.6 Å². The lowest BCUT2D eigenvalue weighted by atomic mass is 9.95. The van der Waals surface area contributed by atoms with E-state index in [4.69, 9.17) is 17.3 Å². The Morgan fingerprint density at radius 3 is 2.75 bits per heavy atom. The molecule has 0 saturated heterocycles. The molecule has 92 valence electrons. The quantitative estimate of drug-likeness (QED) is 0.652. The van der Waals surface area contributed by atoms with E-state index in [-0.39, 0.29) is 12.6 Å². The van der Waals surface area contributed by atoms with Gasteiger partial charge in [-0.2, -0.15) is 0 Å². The number of aliphatic hydroxyl groups is 1. The molecule has 0 heterocycles. The molecule has 0 spiro atoms. The highest BCUT2D eigenvalue weighted by atomic mass is 32.1. The fourth-order valence-corrected chi connectivity index (χ4v) is 3.41. The first-order chi connectivity index (χ1) is 7.72. The van der Waals surface area contributed by atoms with Gasteiger partial charge in [0.05, 0.1) is 12.6 Å². The highest BCUT2D eigenvalue weighted by molar-refractivity contribution is 7.80. The van der Waals surface area contributed by atoms with Crippen LogP contribution in [0.5, 0.6) is 0 Å². The third kappa shape index (κ3) is 2.66. The molecule has 3 N–H and O–H groups in total. The summed E-state index contributed by atoms with van der Waals surface area (Å²) in [4.78, 5) is 0. The van der Waals surface area contributed by atoms with Crippen molar-refractivity contribution in [2.24, 2.45) is 11.8 Å². The summed E-state index contributed by atoms with van der Waals surface area (Å²) in [6.07, 6.45) is 6.34. The van der Waals surface area contributed by atoms with Crippen molar-refractivity contribution < 1.29 is 5.11 Å². The van der Waals surface area contributed by atoms with Crippen LogP contribution in [-0.2, 0) is 0 Å². The molecule has 0 aromatic rings. The van der Waals surface area contributed by atoms with E-state index in [1.807, 2.05) is 6.92 Å². The molecule has 0 aliphatic heterocycles. The predicted molar refractivity (Wildman–Crippen MR) is 69.3 cm³/mol. The largest absolute Gasteiger partial charge is 0.394 e. The molecular weight excluding hydrogens is 220 g/mol. The van der Waals surface area contributed by atoms with Crippen LogP contribution >= 0.6 is 12.2 Å². The second-order valence-corrected chi connectivity index (χ2v) is 5.60. The summed E-state index contributed by atoms with van der Waals surface area (Å²) in [5.41, 5.74) is 0. The Kier molecular flexibility index (Phi) is 4.03. The highest BCUT2D eigenvalue weighted by Gasteiger charge is 2.39. The summed E-state index contributed by atoms with van der Waals surface area (Å²) in [5.74, 6) is 1.77. The van der Waals surface area contributed by atoms with E-state index in [1.54, 1.807) is 0 Å². The van der Waals surface area contributed by atoms with Crippen molar-refractivity contribution in [3.05, 3.63) is 0 Å². The van der Waals surface area contributed by atoms with E-state index >= 15 is 0 Å². The lowest BCUT2D eigenvalue weighted by Gasteiger charge is -2.26. The van der Waals surface area contributed by atoms with Crippen LogP contribution in [0.2, 0.25) is 0 Å². The van der Waals surface area contributed by atoms with Crippen molar-refractivity contribution >= 4 is 17.3 Å². The van der Waals surface area contributed by atoms with Gasteiger partial charge in [-0.3, -0.25) is 0 Å². The van der Waals surface area contributed by atoms with Crippen LogP contribution in [0.3, 0.4) is 0 Å². The van der Waals surface area contributed by atoms with Crippen LogP contribution in [0, 0.1) is 11.8 Å². The van der Waals surface area contributed by atoms with Crippen molar-refractivity contribution in [2.45, 2.75) is 51.1 Å². The molecule has 16 heavy (non-hydrogen) atoms. The molecule has 2 rings (SSSR count).